The summed E-state index contributed by atoms with van der Waals surface area (Å²) in [5.41, 5.74) is 7.02. The van der Waals surface area contributed by atoms with Gasteiger partial charge in [0.25, 0.3) is 0 Å². The van der Waals surface area contributed by atoms with Gasteiger partial charge in [0, 0.05) is 0 Å². The largest absolute Gasteiger partial charge is 0.0651 e. The first-order valence-electron chi connectivity index (χ1n) is 12.6. The lowest BCUT2D eigenvalue weighted by Gasteiger charge is -2.30. The Balaban J connectivity index is 1.27. The Morgan fingerprint density at radius 3 is 1.94 bits per heavy atom. The quantitative estimate of drug-likeness (QED) is 0.317. The molecule has 3 aromatic rings. The first-order chi connectivity index (χ1) is 15.7. The van der Waals surface area contributed by atoms with Gasteiger partial charge in [-0.2, -0.15) is 0 Å². The third-order valence-corrected chi connectivity index (χ3v) is 7.30. The van der Waals surface area contributed by atoms with Crippen molar-refractivity contribution in [3.05, 3.63) is 107 Å². The van der Waals surface area contributed by atoms with Crippen LogP contribution in [0, 0.1) is 5.92 Å². The Morgan fingerprint density at radius 2 is 1.34 bits per heavy atom. The Kier molecular flexibility index (Phi) is 7.99. The summed E-state index contributed by atoms with van der Waals surface area (Å²) in [7, 11) is 0. The number of rotatable bonds is 8. The molecule has 1 saturated carbocycles. The molecule has 0 spiro atoms. The monoisotopic (exact) mass is 422 g/mol. The molecule has 4 rings (SSSR count). The molecule has 0 nitrogen and oxygen atoms in total. The first kappa shape index (κ1) is 22.6. The maximum atomic E-state index is 2.40. The van der Waals surface area contributed by atoms with Gasteiger partial charge in [-0.25, -0.2) is 0 Å². The summed E-state index contributed by atoms with van der Waals surface area (Å²) in [4.78, 5) is 0. The van der Waals surface area contributed by atoms with Crippen LogP contribution in [0.15, 0.2) is 78.9 Å². The van der Waals surface area contributed by atoms with Crippen LogP contribution in [0.4, 0.5) is 0 Å². The van der Waals surface area contributed by atoms with E-state index < -0.39 is 0 Å². The van der Waals surface area contributed by atoms with E-state index in [0.29, 0.717) is 5.92 Å². The molecular weight excluding hydrogens is 384 g/mol. The van der Waals surface area contributed by atoms with Gasteiger partial charge in [-0.15, -0.1) is 0 Å². The van der Waals surface area contributed by atoms with Crippen molar-refractivity contribution in [1.82, 2.24) is 0 Å². The zero-order chi connectivity index (χ0) is 22.2. The van der Waals surface area contributed by atoms with Gasteiger partial charge in [0.2, 0.25) is 0 Å². The van der Waals surface area contributed by atoms with Gasteiger partial charge in [0.05, 0.1) is 0 Å². The van der Waals surface area contributed by atoms with Gasteiger partial charge in [0.15, 0.2) is 0 Å². The number of benzene rings is 3. The SMILES string of the molecule is CCCc1ccc(C=Cc2ccc(C3CCC(C[C@H](C)c4ccccc4)CC3)cc2)cc1. The lowest BCUT2D eigenvalue weighted by Crippen LogP contribution is -2.15. The second-order valence-corrected chi connectivity index (χ2v) is 9.76. The van der Waals surface area contributed by atoms with Crippen molar-refractivity contribution in [3.63, 3.8) is 0 Å². The molecule has 0 unspecified atom stereocenters. The van der Waals surface area contributed by atoms with Crippen molar-refractivity contribution in [2.24, 2.45) is 5.92 Å². The summed E-state index contributed by atoms with van der Waals surface area (Å²) < 4.78 is 0. The van der Waals surface area contributed by atoms with E-state index in [1.54, 1.807) is 0 Å². The van der Waals surface area contributed by atoms with Crippen LogP contribution in [0.25, 0.3) is 12.2 Å². The highest BCUT2D eigenvalue weighted by Crippen LogP contribution is 2.39. The molecule has 1 atom stereocenters. The maximum absolute atomic E-state index is 2.40. The van der Waals surface area contributed by atoms with Gasteiger partial charge in [-0.1, -0.05) is 111 Å². The molecule has 0 heterocycles. The topological polar surface area (TPSA) is 0 Å². The molecule has 0 bridgehead atoms. The van der Waals surface area contributed by atoms with Crippen LogP contribution in [0.3, 0.4) is 0 Å². The Labute approximate surface area is 195 Å². The zero-order valence-electron chi connectivity index (χ0n) is 19.8. The third kappa shape index (κ3) is 6.22. The van der Waals surface area contributed by atoms with Crippen LogP contribution in [0.2, 0.25) is 0 Å². The molecule has 166 valence electrons. The summed E-state index contributed by atoms with van der Waals surface area (Å²) in [5.74, 6) is 2.29. The fourth-order valence-corrected chi connectivity index (χ4v) is 5.30. The standard InChI is InChI=1S/C32H38/c1-3-7-26-10-12-27(13-11-26)14-15-28-16-20-31(21-17-28)32-22-18-29(19-23-32)24-25(2)30-8-5-4-6-9-30/h4-6,8-17,20-21,25,29,32H,3,7,18-19,22-24H2,1-2H3/t25-,29?,32?/m0/s1. The molecule has 0 amide bonds. The molecule has 0 saturated heterocycles. The lowest BCUT2D eigenvalue weighted by molar-refractivity contribution is 0.297. The van der Waals surface area contributed by atoms with Crippen molar-refractivity contribution in [2.75, 3.05) is 0 Å². The fraction of sp³-hybridized carbons (Fsp3) is 0.375. The van der Waals surface area contributed by atoms with Crippen LogP contribution < -0.4 is 0 Å². The summed E-state index contributed by atoms with van der Waals surface area (Å²) in [5, 5.41) is 0. The van der Waals surface area contributed by atoms with Crippen molar-refractivity contribution >= 4 is 12.2 Å². The van der Waals surface area contributed by atoms with E-state index in [1.165, 1.54) is 72.8 Å². The Bertz CT molecular complexity index is 955. The van der Waals surface area contributed by atoms with Gasteiger partial charge < -0.3 is 0 Å². The van der Waals surface area contributed by atoms with Crippen molar-refractivity contribution in [1.29, 1.82) is 0 Å². The summed E-state index contributed by atoms with van der Waals surface area (Å²) in [6.45, 7) is 4.63. The lowest BCUT2D eigenvalue weighted by atomic mass is 9.75. The van der Waals surface area contributed by atoms with E-state index in [1.807, 2.05) is 0 Å². The van der Waals surface area contributed by atoms with Crippen molar-refractivity contribution < 1.29 is 0 Å². The summed E-state index contributed by atoms with van der Waals surface area (Å²) in [6, 6.07) is 29.3. The van der Waals surface area contributed by atoms with E-state index in [9.17, 15) is 0 Å². The highest BCUT2D eigenvalue weighted by Gasteiger charge is 2.24. The molecule has 0 N–H and O–H groups in total. The highest BCUT2D eigenvalue weighted by molar-refractivity contribution is 5.69. The second kappa shape index (κ2) is 11.3. The van der Waals surface area contributed by atoms with Crippen LogP contribution in [0.5, 0.6) is 0 Å². The average molecular weight is 423 g/mol. The molecule has 32 heavy (non-hydrogen) atoms. The third-order valence-electron chi connectivity index (χ3n) is 7.30. The van der Waals surface area contributed by atoms with Gasteiger partial charge in [-0.05, 0) is 84.1 Å². The molecule has 3 aromatic carbocycles. The minimum absolute atomic E-state index is 0.673. The maximum Gasteiger partial charge on any atom is -0.0162 e. The molecule has 1 fully saturated rings. The van der Waals surface area contributed by atoms with E-state index >= 15 is 0 Å². The fourth-order valence-electron chi connectivity index (χ4n) is 5.30. The minimum Gasteiger partial charge on any atom is -0.0651 e. The summed E-state index contributed by atoms with van der Waals surface area (Å²) >= 11 is 0. The predicted octanol–water partition coefficient (Wildman–Crippen LogP) is 9.28. The van der Waals surface area contributed by atoms with E-state index in [4.69, 9.17) is 0 Å². The second-order valence-electron chi connectivity index (χ2n) is 9.76. The van der Waals surface area contributed by atoms with Gasteiger partial charge in [0.1, 0.15) is 0 Å². The van der Waals surface area contributed by atoms with E-state index in [2.05, 4.69) is 105 Å². The molecule has 1 aliphatic rings. The van der Waals surface area contributed by atoms with Crippen LogP contribution in [0.1, 0.15) is 92.0 Å². The first-order valence-corrected chi connectivity index (χ1v) is 12.6. The van der Waals surface area contributed by atoms with Crippen LogP contribution in [-0.4, -0.2) is 0 Å². The highest BCUT2D eigenvalue weighted by atomic mass is 14.3. The number of hydrogen-bond acceptors (Lipinski definition) is 0. The van der Waals surface area contributed by atoms with E-state index in [-0.39, 0.29) is 0 Å². The smallest absolute Gasteiger partial charge is 0.0162 e. The molecule has 0 radical (unpaired) electrons. The minimum atomic E-state index is 0.673. The van der Waals surface area contributed by atoms with Gasteiger partial charge in [-0.3, -0.25) is 0 Å². The molecule has 1 aliphatic carbocycles. The van der Waals surface area contributed by atoms with Crippen molar-refractivity contribution in [3.8, 4) is 0 Å². The predicted molar refractivity (Wildman–Crippen MR) is 140 cm³/mol. The number of aryl methyl sites for hydroxylation is 1. The van der Waals surface area contributed by atoms with Crippen molar-refractivity contribution in [2.45, 2.75) is 70.6 Å². The van der Waals surface area contributed by atoms with E-state index in [0.717, 1.165) is 11.8 Å². The normalized spacial score (nSPS) is 19.8. The van der Waals surface area contributed by atoms with Gasteiger partial charge >= 0.3 is 0 Å². The Morgan fingerprint density at radius 1 is 0.750 bits per heavy atom. The molecule has 0 aromatic heterocycles. The number of hydrogen-bond donors (Lipinski definition) is 0. The molecular formula is C32H38. The van der Waals surface area contributed by atoms with Crippen LogP contribution in [-0.2, 0) is 6.42 Å². The van der Waals surface area contributed by atoms with Crippen LogP contribution >= 0.6 is 0 Å². The average Bonchev–Trinajstić information content (AvgIpc) is 2.85. The molecule has 0 heteroatoms. The molecule has 0 aliphatic heterocycles. The Hall–Kier alpha value is -2.60. The zero-order valence-corrected chi connectivity index (χ0v) is 19.8. The summed E-state index contributed by atoms with van der Waals surface area (Å²) in [6.07, 6.45) is 13.6.